The number of ether oxygens (including phenoxy) is 1. The molecule has 0 radical (unpaired) electrons. The van der Waals surface area contributed by atoms with Gasteiger partial charge in [0.15, 0.2) is 5.69 Å². The largest absolute Gasteiger partial charge is 0.461 e. The maximum atomic E-state index is 11.6. The lowest BCUT2D eigenvalue weighted by Gasteiger charge is -2.25. The van der Waals surface area contributed by atoms with Crippen LogP contribution in [0.3, 0.4) is 0 Å². The van der Waals surface area contributed by atoms with E-state index in [1.807, 2.05) is 0 Å². The molecule has 2 rings (SSSR count). The van der Waals surface area contributed by atoms with E-state index < -0.39 is 5.97 Å². The average Bonchev–Trinajstić information content (AvgIpc) is 2.66. The fraction of sp³-hybridized carbons (Fsp3) is 0.727. The number of alkyl halides is 1. The summed E-state index contributed by atoms with van der Waals surface area (Å²) in [6.45, 7) is 2.89. The Morgan fingerprint density at radius 2 is 2.35 bits per heavy atom. The van der Waals surface area contributed by atoms with Crippen LogP contribution in [0, 0.1) is 5.92 Å². The van der Waals surface area contributed by atoms with E-state index in [4.69, 9.17) is 16.3 Å². The molecule has 0 amide bonds. The molecule has 0 N–H and O–H groups in total. The van der Waals surface area contributed by atoms with Gasteiger partial charge in [-0.25, -0.2) is 9.48 Å². The zero-order chi connectivity index (χ0) is 12.3. The van der Waals surface area contributed by atoms with Crippen LogP contribution in [0.4, 0.5) is 0 Å². The molecule has 1 heterocycles. The van der Waals surface area contributed by atoms with Crippen molar-refractivity contribution in [2.45, 2.75) is 38.6 Å². The number of nitrogens with zero attached hydrogens (tertiary/aromatic N) is 3. The Balaban J connectivity index is 2.13. The molecule has 1 saturated carbocycles. The number of hydrogen-bond acceptors (Lipinski definition) is 4. The second-order valence-corrected chi connectivity index (χ2v) is 4.49. The maximum absolute atomic E-state index is 11.6. The van der Waals surface area contributed by atoms with Gasteiger partial charge in [-0.15, -0.1) is 16.7 Å². The van der Waals surface area contributed by atoms with Gasteiger partial charge in [-0.1, -0.05) is 11.6 Å². The first-order valence-corrected chi connectivity index (χ1v) is 6.45. The Morgan fingerprint density at radius 1 is 1.59 bits per heavy atom. The third kappa shape index (κ3) is 2.60. The first-order chi connectivity index (χ1) is 8.26. The number of aromatic nitrogens is 3. The highest BCUT2D eigenvalue weighted by Crippen LogP contribution is 2.28. The van der Waals surface area contributed by atoms with Crippen molar-refractivity contribution in [2.24, 2.45) is 5.92 Å². The van der Waals surface area contributed by atoms with Crippen LogP contribution >= 0.6 is 11.6 Å². The summed E-state index contributed by atoms with van der Waals surface area (Å²) < 4.78 is 6.65. The molecule has 1 aliphatic rings. The molecule has 1 aliphatic carbocycles. The van der Waals surface area contributed by atoms with Crippen molar-refractivity contribution < 1.29 is 9.53 Å². The van der Waals surface area contributed by atoms with Crippen molar-refractivity contribution >= 4 is 17.6 Å². The van der Waals surface area contributed by atoms with Gasteiger partial charge in [0.25, 0.3) is 0 Å². The number of carbonyl (C=O) groups is 1. The Morgan fingerprint density at radius 3 is 2.88 bits per heavy atom. The molecule has 0 aromatic carbocycles. The Labute approximate surface area is 105 Å². The highest BCUT2D eigenvalue weighted by Gasteiger charge is 2.24. The molecule has 0 atom stereocenters. The van der Waals surface area contributed by atoms with Crippen LogP contribution in [0.1, 0.15) is 42.4 Å². The molecule has 5 nitrogen and oxygen atoms in total. The first kappa shape index (κ1) is 12.4. The van der Waals surface area contributed by atoms with Gasteiger partial charge in [0.2, 0.25) is 0 Å². The molecule has 1 aromatic heterocycles. The van der Waals surface area contributed by atoms with E-state index in [1.54, 1.807) is 11.6 Å². The Hall–Kier alpha value is -1.10. The highest BCUT2D eigenvalue weighted by atomic mass is 35.5. The van der Waals surface area contributed by atoms with Gasteiger partial charge in [0.05, 0.1) is 18.2 Å². The fourth-order valence-corrected chi connectivity index (χ4v) is 2.15. The summed E-state index contributed by atoms with van der Waals surface area (Å²) in [6, 6.07) is 0. The van der Waals surface area contributed by atoms with Crippen LogP contribution in [-0.4, -0.2) is 27.6 Å². The molecule has 6 heteroatoms. The van der Waals surface area contributed by atoms with Gasteiger partial charge >= 0.3 is 5.97 Å². The number of carbonyl (C=O) groups excluding carboxylic acids is 1. The zero-order valence-electron chi connectivity index (χ0n) is 9.86. The van der Waals surface area contributed by atoms with E-state index in [2.05, 4.69) is 10.3 Å². The third-order valence-electron chi connectivity index (χ3n) is 3.09. The SMILES string of the molecule is CCOC(=O)c1nnn(CC2CCC2)c1CCl. The van der Waals surface area contributed by atoms with Gasteiger partial charge in [-0.3, -0.25) is 0 Å². The molecule has 0 aliphatic heterocycles. The molecule has 0 bridgehead atoms. The second kappa shape index (κ2) is 5.49. The van der Waals surface area contributed by atoms with Gasteiger partial charge in [-0.05, 0) is 25.7 Å². The monoisotopic (exact) mass is 257 g/mol. The van der Waals surface area contributed by atoms with E-state index in [-0.39, 0.29) is 11.6 Å². The van der Waals surface area contributed by atoms with E-state index in [9.17, 15) is 4.79 Å². The Kier molecular flexibility index (Phi) is 3.99. The summed E-state index contributed by atoms with van der Waals surface area (Å²) in [5, 5.41) is 7.86. The number of rotatable bonds is 5. The minimum atomic E-state index is -0.442. The first-order valence-electron chi connectivity index (χ1n) is 5.91. The summed E-state index contributed by atoms with van der Waals surface area (Å²) in [5.41, 5.74) is 0.915. The molecule has 94 valence electrons. The molecule has 0 unspecified atom stereocenters. The quantitative estimate of drug-likeness (QED) is 0.598. The van der Waals surface area contributed by atoms with Crippen LogP contribution in [0.15, 0.2) is 0 Å². The van der Waals surface area contributed by atoms with Crippen molar-refractivity contribution in [1.82, 2.24) is 15.0 Å². The van der Waals surface area contributed by atoms with Crippen molar-refractivity contribution in [2.75, 3.05) is 6.61 Å². The summed E-state index contributed by atoms with van der Waals surface area (Å²) in [4.78, 5) is 11.6. The summed E-state index contributed by atoms with van der Waals surface area (Å²) >= 11 is 5.86. The number of hydrogen-bond donors (Lipinski definition) is 0. The lowest BCUT2D eigenvalue weighted by atomic mass is 9.85. The average molecular weight is 258 g/mol. The summed E-state index contributed by atoms with van der Waals surface area (Å²) in [5.74, 6) is 0.435. The molecule has 1 aromatic rings. The van der Waals surface area contributed by atoms with Crippen molar-refractivity contribution in [1.29, 1.82) is 0 Å². The smallest absolute Gasteiger partial charge is 0.360 e. The lowest BCUT2D eigenvalue weighted by molar-refractivity contribution is 0.0518. The topological polar surface area (TPSA) is 57.0 Å². The minimum Gasteiger partial charge on any atom is -0.461 e. The van der Waals surface area contributed by atoms with E-state index in [0.717, 1.165) is 6.54 Å². The molecular weight excluding hydrogens is 242 g/mol. The van der Waals surface area contributed by atoms with Crippen LogP contribution in [0.2, 0.25) is 0 Å². The summed E-state index contributed by atoms with van der Waals surface area (Å²) in [7, 11) is 0. The van der Waals surface area contributed by atoms with E-state index in [0.29, 0.717) is 18.2 Å². The molecule has 17 heavy (non-hydrogen) atoms. The normalized spacial score (nSPS) is 15.6. The molecule has 0 saturated heterocycles. The fourth-order valence-electron chi connectivity index (χ4n) is 1.89. The molecular formula is C11H16ClN3O2. The van der Waals surface area contributed by atoms with Gasteiger partial charge < -0.3 is 4.74 Å². The van der Waals surface area contributed by atoms with Gasteiger partial charge in [-0.2, -0.15) is 0 Å². The minimum absolute atomic E-state index is 0.230. The third-order valence-corrected chi connectivity index (χ3v) is 3.34. The van der Waals surface area contributed by atoms with Crippen LogP contribution < -0.4 is 0 Å². The standard InChI is InChI=1S/C11H16ClN3O2/c1-2-17-11(16)10-9(6-12)15(14-13-10)7-8-4-3-5-8/h8H,2-7H2,1H3. The maximum Gasteiger partial charge on any atom is 0.360 e. The van der Waals surface area contributed by atoms with E-state index >= 15 is 0 Å². The van der Waals surface area contributed by atoms with Crippen molar-refractivity contribution in [3.05, 3.63) is 11.4 Å². The van der Waals surface area contributed by atoms with E-state index in [1.165, 1.54) is 19.3 Å². The lowest BCUT2D eigenvalue weighted by Crippen LogP contribution is -2.20. The zero-order valence-corrected chi connectivity index (χ0v) is 10.6. The number of halogens is 1. The predicted molar refractivity (Wildman–Crippen MR) is 62.9 cm³/mol. The van der Waals surface area contributed by atoms with Gasteiger partial charge in [0, 0.05) is 6.54 Å². The number of esters is 1. The van der Waals surface area contributed by atoms with Crippen molar-refractivity contribution in [3.8, 4) is 0 Å². The molecule has 1 fully saturated rings. The Bertz CT molecular complexity index is 401. The van der Waals surface area contributed by atoms with Crippen LogP contribution in [-0.2, 0) is 17.2 Å². The summed E-state index contributed by atoms with van der Waals surface area (Å²) in [6.07, 6.45) is 3.72. The predicted octanol–water partition coefficient (Wildman–Crippen LogP) is 1.99. The molecule has 0 spiro atoms. The highest BCUT2D eigenvalue weighted by molar-refractivity contribution is 6.17. The second-order valence-electron chi connectivity index (χ2n) is 4.22. The van der Waals surface area contributed by atoms with Gasteiger partial charge in [0.1, 0.15) is 0 Å². The van der Waals surface area contributed by atoms with Crippen LogP contribution in [0.25, 0.3) is 0 Å². The van der Waals surface area contributed by atoms with Crippen LogP contribution in [0.5, 0.6) is 0 Å². The van der Waals surface area contributed by atoms with Crippen molar-refractivity contribution in [3.63, 3.8) is 0 Å².